The van der Waals surface area contributed by atoms with Crippen LogP contribution in [0.3, 0.4) is 0 Å². The molecule has 1 heterocycles. The first-order chi connectivity index (χ1) is 12.7. The maximum Gasteiger partial charge on any atom is 0.416 e. The molecule has 1 saturated heterocycles. The summed E-state index contributed by atoms with van der Waals surface area (Å²) in [5.41, 5.74) is -0.960. The fourth-order valence-electron chi connectivity index (χ4n) is 3.02. The number of aliphatic hydroxyl groups excluding tert-OH is 5. The average molecular weight is 413 g/mol. The normalized spacial score (nSPS) is 28.3. The molecule has 0 bridgehead atoms. The number of alkyl halides is 3. The van der Waals surface area contributed by atoms with E-state index >= 15 is 0 Å². The van der Waals surface area contributed by atoms with Crippen molar-refractivity contribution in [3.05, 3.63) is 35.4 Å². The molecule has 0 saturated carbocycles. The summed E-state index contributed by atoms with van der Waals surface area (Å²) >= 11 is 0. The second kappa shape index (κ2) is 9.55. The summed E-state index contributed by atoms with van der Waals surface area (Å²) in [7, 11) is -0.715. The molecule has 27 heavy (non-hydrogen) atoms. The van der Waals surface area contributed by atoms with Crippen LogP contribution >= 0.6 is 0 Å². The quantitative estimate of drug-likeness (QED) is 0.373. The number of halogens is 3. The van der Waals surface area contributed by atoms with E-state index in [1.54, 1.807) is 0 Å². The molecule has 10 heteroatoms. The first-order valence-corrected chi connectivity index (χ1v) is 10.0. The van der Waals surface area contributed by atoms with Crippen molar-refractivity contribution in [1.82, 2.24) is 0 Å². The highest BCUT2D eigenvalue weighted by Gasteiger charge is 2.50. The minimum atomic E-state index is -4.54. The molecule has 1 fully saturated rings. The van der Waals surface area contributed by atoms with Crippen LogP contribution in [-0.2, 0) is 28.4 Å². The van der Waals surface area contributed by atoms with E-state index in [0.717, 1.165) is 6.07 Å². The predicted octanol–water partition coefficient (Wildman–Crippen LogP) is -0.342. The Bertz CT molecular complexity index is 602. The third-order valence-electron chi connectivity index (χ3n) is 4.54. The highest BCUT2D eigenvalue weighted by atomic mass is 32.2. The van der Waals surface area contributed by atoms with E-state index in [2.05, 4.69) is 0 Å². The van der Waals surface area contributed by atoms with Crippen LogP contribution in [0.5, 0.6) is 0 Å². The lowest BCUT2D eigenvalue weighted by atomic mass is 10.1. The van der Waals surface area contributed by atoms with Crippen LogP contribution in [0.1, 0.15) is 11.1 Å². The van der Waals surface area contributed by atoms with E-state index in [1.165, 1.54) is 18.2 Å². The van der Waals surface area contributed by atoms with Crippen molar-refractivity contribution in [2.75, 3.05) is 24.7 Å². The molecule has 1 aliphatic rings. The number of rotatable bonds is 8. The molecule has 1 aromatic carbocycles. The molecule has 154 valence electrons. The van der Waals surface area contributed by atoms with Crippen LogP contribution in [0.25, 0.3) is 0 Å². The molecular formula is C17H24F3O6S+. The Labute approximate surface area is 157 Å². The van der Waals surface area contributed by atoms with Gasteiger partial charge in [-0.3, -0.25) is 0 Å². The van der Waals surface area contributed by atoms with Crippen molar-refractivity contribution in [1.29, 1.82) is 0 Å². The predicted molar refractivity (Wildman–Crippen MR) is 93.1 cm³/mol. The zero-order chi connectivity index (χ0) is 20.2. The van der Waals surface area contributed by atoms with Gasteiger partial charge in [-0.1, -0.05) is 18.2 Å². The summed E-state index contributed by atoms with van der Waals surface area (Å²) < 4.78 is 44.4. The van der Waals surface area contributed by atoms with Crippen LogP contribution in [0.15, 0.2) is 24.3 Å². The molecule has 0 aromatic heterocycles. The summed E-state index contributed by atoms with van der Waals surface area (Å²) in [5.74, 6) is 0.240. The molecule has 1 aromatic rings. The Morgan fingerprint density at radius 1 is 1.19 bits per heavy atom. The lowest BCUT2D eigenvalue weighted by Gasteiger charge is -2.23. The SMILES string of the molecule is OC[C@H](OCc1ccccc1C(F)(F)F)[C@H](O)C[S+]1C[C@@H](O)[C@H](O)[C@H]1CO. The lowest BCUT2D eigenvalue weighted by Crippen LogP contribution is -2.42. The van der Waals surface area contributed by atoms with Crippen molar-refractivity contribution >= 4 is 10.9 Å². The summed E-state index contributed by atoms with van der Waals surface area (Å²) in [6.07, 6.45) is -9.00. The summed E-state index contributed by atoms with van der Waals surface area (Å²) in [6.45, 7) is -1.42. The van der Waals surface area contributed by atoms with Gasteiger partial charge in [-0.15, -0.1) is 0 Å². The molecule has 6 atom stereocenters. The van der Waals surface area contributed by atoms with Gasteiger partial charge in [0.2, 0.25) is 0 Å². The highest BCUT2D eigenvalue weighted by molar-refractivity contribution is 7.97. The van der Waals surface area contributed by atoms with Gasteiger partial charge in [-0.05, 0) is 11.6 Å². The van der Waals surface area contributed by atoms with Crippen LogP contribution in [-0.4, -0.2) is 79.9 Å². The average Bonchev–Trinajstić information content (AvgIpc) is 2.88. The fraction of sp³-hybridized carbons (Fsp3) is 0.647. The van der Waals surface area contributed by atoms with Crippen LogP contribution in [0, 0.1) is 0 Å². The molecule has 5 N–H and O–H groups in total. The van der Waals surface area contributed by atoms with Crippen molar-refractivity contribution in [2.24, 2.45) is 0 Å². The van der Waals surface area contributed by atoms with Gasteiger partial charge in [0.25, 0.3) is 0 Å². The smallest absolute Gasteiger partial charge is 0.394 e. The van der Waals surface area contributed by atoms with Crippen molar-refractivity contribution in [3.63, 3.8) is 0 Å². The topological polar surface area (TPSA) is 110 Å². The van der Waals surface area contributed by atoms with Gasteiger partial charge in [0.1, 0.15) is 35.9 Å². The summed E-state index contributed by atoms with van der Waals surface area (Å²) in [4.78, 5) is 0. The van der Waals surface area contributed by atoms with Gasteiger partial charge < -0.3 is 30.3 Å². The molecule has 2 rings (SSSR count). The number of ether oxygens (including phenoxy) is 1. The molecule has 1 aliphatic heterocycles. The molecule has 0 amide bonds. The zero-order valence-corrected chi connectivity index (χ0v) is 15.2. The zero-order valence-electron chi connectivity index (χ0n) is 14.4. The van der Waals surface area contributed by atoms with E-state index in [9.17, 15) is 38.7 Å². The molecule has 1 unspecified atom stereocenters. The Hall–Kier alpha value is -0.880. The van der Waals surface area contributed by atoms with Gasteiger partial charge >= 0.3 is 6.18 Å². The number of benzene rings is 1. The fourth-order valence-corrected chi connectivity index (χ4v) is 5.73. The number of hydrogen-bond donors (Lipinski definition) is 5. The molecule has 0 radical (unpaired) electrons. The Kier molecular flexibility index (Phi) is 7.93. The Balaban J connectivity index is 1.99. The van der Waals surface area contributed by atoms with E-state index in [1.807, 2.05) is 0 Å². The molecule has 6 nitrogen and oxygen atoms in total. The first-order valence-electron chi connectivity index (χ1n) is 8.38. The third-order valence-corrected chi connectivity index (χ3v) is 7.36. The number of aliphatic hydroxyl groups is 5. The molecule has 0 aliphatic carbocycles. The maximum absolute atomic E-state index is 13.0. The third kappa shape index (κ3) is 5.57. The van der Waals surface area contributed by atoms with Gasteiger partial charge in [-0.2, -0.15) is 13.2 Å². The van der Waals surface area contributed by atoms with Crippen molar-refractivity contribution in [2.45, 2.75) is 42.4 Å². The lowest BCUT2D eigenvalue weighted by molar-refractivity contribution is -0.139. The second-order valence-electron chi connectivity index (χ2n) is 6.40. The van der Waals surface area contributed by atoms with Crippen molar-refractivity contribution < 1.29 is 43.4 Å². The van der Waals surface area contributed by atoms with E-state index in [0.29, 0.717) is 0 Å². The minimum absolute atomic E-state index is 0.0471. The van der Waals surface area contributed by atoms with Crippen LogP contribution in [0.4, 0.5) is 13.2 Å². The largest absolute Gasteiger partial charge is 0.416 e. The highest BCUT2D eigenvalue weighted by Crippen LogP contribution is 2.32. The van der Waals surface area contributed by atoms with Crippen LogP contribution in [0.2, 0.25) is 0 Å². The Morgan fingerprint density at radius 2 is 1.85 bits per heavy atom. The second-order valence-corrected chi connectivity index (χ2v) is 8.75. The minimum Gasteiger partial charge on any atom is -0.394 e. The first kappa shape index (κ1) is 22.4. The molecular weight excluding hydrogens is 389 g/mol. The summed E-state index contributed by atoms with van der Waals surface area (Å²) in [5, 5.41) is 48.1. The van der Waals surface area contributed by atoms with Gasteiger partial charge in [-0.25, -0.2) is 0 Å². The van der Waals surface area contributed by atoms with Gasteiger partial charge in [0.15, 0.2) is 5.25 Å². The van der Waals surface area contributed by atoms with Gasteiger partial charge in [0, 0.05) is 10.9 Å². The monoisotopic (exact) mass is 413 g/mol. The maximum atomic E-state index is 13.0. The van der Waals surface area contributed by atoms with Gasteiger partial charge in [0.05, 0.1) is 25.4 Å². The molecule has 0 spiro atoms. The van der Waals surface area contributed by atoms with E-state index in [4.69, 9.17) is 4.74 Å². The van der Waals surface area contributed by atoms with E-state index < -0.39 is 65.5 Å². The standard InChI is InChI=1S/C17H24F3O6S/c18-17(19,20)11-4-2-1-3-10(11)7-26-14(5-21)12(23)8-27-9-13(24)16(25)15(27)6-22/h1-4,12-16,21-25H,5-9H2/q+1/t12-,13-,14+,15-,16+,27?/m1/s1. The number of hydrogen-bond acceptors (Lipinski definition) is 6. The van der Waals surface area contributed by atoms with Crippen LogP contribution < -0.4 is 0 Å². The van der Waals surface area contributed by atoms with Crippen molar-refractivity contribution in [3.8, 4) is 0 Å². The Morgan fingerprint density at radius 3 is 2.44 bits per heavy atom. The van der Waals surface area contributed by atoms with E-state index in [-0.39, 0.29) is 23.7 Å². The summed E-state index contributed by atoms with van der Waals surface area (Å²) in [6, 6.07) is 4.89.